The number of nitrogens with one attached hydrogen (secondary N) is 1. The van der Waals surface area contributed by atoms with Crippen molar-refractivity contribution in [1.29, 1.82) is 0 Å². The molecule has 0 unspecified atom stereocenters. The highest BCUT2D eigenvalue weighted by Crippen LogP contribution is 2.35. The van der Waals surface area contributed by atoms with Gasteiger partial charge in [0.2, 0.25) is 5.91 Å². The van der Waals surface area contributed by atoms with E-state index >= 15 is 0 Å². The third-order valence-electron chi connectivity index (χ3n) is 3.98. The minimum Gasteiger partial charge on any atom is -0.490 e. The van der Waals surface area contributed by atoms with E-state index in [1.165, 1.54) is 11.8 Å². The molecule has 1 saturated heterocycles. The van der Waals surface area contributed by atoms with Gasteiger partial charge in [-0.05, 0) is 31.5 Å². The van der Waals surface area contributed by atoms with E-state index in [0.717, 1.165) is 17.1 Å². The van der Waals surface area contributed by atoms with Crippen LogP contribution < -0.4 is 14.8 Å². The van der Waals surface area contributed by atoms with Crippen molar-refractivity contribution in [3.8, 4) is 11.5 Å². The normalized spacial score (nSPS) is 23.3. The summed E-state index contributed by atoms with van der Waals surface area (Å²) in [5.74, 6) is 1.48. The fourth-order valence-electron chi connectivity index (χ4n) is 2.70. The summed E-state index contributed by atoms with van der Waals surface area (Å²) >= 11 is 1.42. The fraction of sp³-hybridized carbons (Fsp3) is 0.562. The molecule has 0 radical (unpaired) electrons. The average Bonchev–Trinajstić information content (AvgIpc) is 2.73. The van der Waals surface area contributed by atoms with Crippen LogP contribution in [-0.4, -0.2) is 50.3 Å². The van der Waals surface area contributed by atoms with Gasteiger partial charge in [0.15, 0.2) is 21.3 Å². The summed E-state index contributed by atoms with van der Waals surface area (Å²) in [4.78, 5) is 13.2. The Bertz CT molecular complexity index is 719. The molecule has 3 rings (SSSR count). The van der Waals surface area contributed by atoms with Crippen LogP contribution in [0.1, 0.15) is 19.8 Å². The number of carbonyl (C=O) groups is 1. The van der Waals surface area contributed by atoms with E-state index in [9.17, 15) is 13.2 Å². The molecule has 2 aliphatic rings. The molecule has 1 amide bonds. The van der Waals surface area contributed by atoms with Crippen LogP contribution >= 0.6 is 11.8 Å². The van der Waals surface area contributed by atoms with E-state index < -0.39 is 9.84 Å². The first kappa shape index (κ1) is 17.4. The lowest BCUT2D eigenvalue weighted by Crippen LogP contribution is -2.39. The zero-order chi connectivity index (χ0) is 17.2. The maximum Gasteiger partial charge on any atom is 0.233 e. The van der Waals surface area contributed by atoms with Gasteiger partial charge < -0.3 is 14.8 Å². The molecule has 24 heavy (non-hydrogen) atoms. The third kappa shape index (κ3) is 4.36. The molecular formula is C16H21NO5S2. The molecule has 2 heterocycles. The molecule has 1 N–H and O–H groups in total. The van der Waals surface area contributed by atoms with E-state index in [4.69, 9.17) is 9.47 Å². The van der Waals surface area contributed by atoms with Crippen LogP contribution in [0.2, 0.25) is 0 Å². The van der Waals surface area contributed by atoms with E-state index in [0.29, 0.717) is 25.4 Å². The topological polar surface area (TPSA) is 81.7 Å². The minimum absolute atomic E-state index is 0.0418. The van der Waals surface area contributed by atoms with Crippen molar-refractivity contribution in [2.75, 3.05) is 24.7 Å². The SMILES string of the molecule is C[C@H](Sc1ccc2c(c1)OCCCO2)C(=O)N[C@@H]1CCS(=O)(=O)C1. The van der Waals surface area contributed by atoms with Gasteiger partial charge in [0, 0.05) is 17.4 Å². The van der Waals surface area contributed by atoms with Gasteiger partial charge >= 0.3 is 0 Å². The van der Waals surface area contributed by atoms with Crippen LogP contribution in [0.25, 0.3) is 0 Å². The zero-order valence-electron chi connectivity index (χ0n) is 13.5. The molecule has 0 spiro atoms. The molecule has 8 heteroatoms. The average molecular weight is 371 g/mol. The molecule has 0 aliphatic carbocycles. The molecule has 2 aliphatic heterocycles. The second-order valence-electron chi connectivity index (χ2n) is 6.03. The van der Waals surface area contributed by atoms with Crippen molar-refractivity contribution in [1.82, 2.24) is 5.32 Å². The molecular weight excluding hydrogens is 350 g/mol. The van der Waals surface area contributed by atoms with Crippen LogP contribution in [0, 0.1) is 0 Å². The Morgan fingerprint density at radius 3 is 2.75 bits per heavy atom. The smallest absolute Gasteiger partial charge is 0.233 e. The van der Waals surface area contributed by atoms with Crippen LogP contribution in [0.5, 0.6) is 11.5 Å². The number of sulfone groups is 1. The van der Waals surface area contributed by atoms with Crippen molar-refractivity contribution in [2.24, 2.45) is 0 Å². The first-order valence-electron chi connectivity index (χ1n) is 8.00. The summed E-state index contributed by atoms with van der Waals surface area (Å²) in [5, 5.41) is 2.51. The molecule has 0 aromatic heterocycles. The quantitative estimate of drug-likeness (QED) is 0.810. The van der Waals surface area contributed by atoms with Crippen LogP contribution in [0.3, 0.4) is 0 Å². The maximum atomic E-state index is 12.3. The Labute approximate surface area is 146 Å². The summed E-state index contributed by atoms with van der Waals surface area (Å²) in [6.45, 7) is 3.07. The molecule has 6 nitrogen and oxygen atoms in total. The van der Waals surface area contributed by atoms with Gasteiger partial charge in [-0.3, -0.25) is 4.79 Å². The molecule has 1 fully saturated rings. The summed E-state index contributed by atoms with van der Waals surface area (Å²) < 4.78 is 34.2. The number of hydrogen-bond donors (Lipinski definition) is 1. The van der Waals surface area contributed by atoms with Gasteiger partial charge in [-0.2, -0.15) is 0 Å². The molecule has 1 aromatic rings. The van der Waals surface area contributed by atoms with Crippen LogP contribution in [-0.2, 0) is 14.6 Å². The van der Waals surface area contributed by atoms with Crippen molar-refractivity contribution >= 4 is 27.5 Å². The number of amides is 1. The maximum absolute atomic E-state index is 12.3. The monoisotopic (exact) mass is 371 g/mol. The lowest BCUT2D eigenvalue weighted by Gasteiger charge is -2.16. The highest BCUT2D eigenvalue weighted by molar-refractivity contribution is 8.00. The number of rotatable bonds is 4. The van der Waals surface area contributed by atoms with E-state index in [2.05, 4.69) is 5.32 Å². The van der Waals surface area contributed by atoms with Gasteiger partial charge in [-0.25, -0.2) is 8.42 Å². The van der Waals surface area contributed by atoms with Gasteiger partial charge in [0.25, 0.3) is 0 Å². The second-order valence-corrected chi connectivity index (χ2v) is 9.67. The highest BCUT2D eigenvalue weighted by atomic mass is 32.2. The molecule has 132 valence electrons. The summed E-state index contributed by atoms with van der Waals surface area (Å²) in [6.07, 6.45) is 1.34. The van der Waals surface area contributed by atoms with Gasteiger partial charge in [-0.15, -0.1) is 11.8 Å². The number of hydrogen-bond acceptors (Lipinski definition) is 6. The molecule has 2 atom stereocenters. The van der Waals surface area contributed by atoms with Crippen LogP contribution in [0.15, 0.2) is 23.1 Å². The van der Waals surface area contributed by atoms with Crippen molar-refractivity contribution < 1.29 is 22.7 Å². The summed E-state index contributed by atoms with van der Waals surface area (Å²) in [7, 11) is -2.99. The van der Waals surface area contributed by atoms with Gasteiger partial charge in [-0.1, -0.05) is 0 Å². The number of carbonyl (C=O) groups excluding carboxylic acids is 1. The van der Waals surface area contributed by atoms with E-state index in [-0.39, 0.29) is 28.7 Å². The predicted octanol–water partition coefficient (Wildman–Crippen LogP) is 1.63. The van der Waals surface area contributed by atoms with E-state index in [1.54, 1.807) is 0 Å². The van der Waals surface area contributed by atoms with Crippen molar-refractivity contribution in [3.63, 3.8) is 0 Å². The minimum atomic E-state index is -2.99. The van der Waals surface area contributed by atoms with Gasteiger partial charge in [0.05, 0.1) is 30.0 Å². The Kier molecular flexibility index (Phi) is 5.24. The molecule has 0 bridgehead atoms. The standard InChI is InChI=1S/C16H21NO5S2/c1-11(16(18)17-12-5-8-24(19,20)10-12)23-13-3-4-14-15(9-13)22-7-2-6-21-14/h3-4,9,11-12H,2,5-8,10H2,1H3,(H,17,18)/t11-,12+/m0/s1. The fourth-order valence-corrected chi connectivity index (χ4v) is 5.28. The van der Waals surface area contributed by atoms with Crippen molar-refractivity contribution in [3.05, 3.63) is 18.2 Å². The Balaban J connectivity index is 1.59. The highest BCUT2D eigenvalue weighted by Gasteiger charge is 2.30. The number of fused-ring (bicyclic) bond motifs is 1. The zero-order valence-corrected chi connectivity index (χ0v) is 15.1. The van der Waals surface area contributed by atoms with Crippen molar-refractivity contribution in [2.45, 2.75) is 36.0 Å². The predicted molar refractivity (Wildman–Crippen MR) is 92.6 cm³/mol. The number of benzene rings is 1. The Morgan fingerprint density at radius 1 is 1.29 bits per heavy atom. The summed E-state index contributed by atoms with van der Waals surface area (Å²) in [6, 6.07) is 5.38. The largest absolute Gasteiger partial charge is 0.490 e. The second kappa shape index (κ2) is 7.23. The Hall–Kier alpha value is -1.41. The van der Waals surface area contributed by atoms with Crippen LogP contribution in [0.4, 0.5) is 0 Å². The Morgan fingerprint density at radius 2 is 2.04 bits per heavy atom. The summed E-state index contributed by atoms with van der Waals surface area (Å²) in [5.41, 5.74) is 0. The lowest BCUT2D eigenvalue weighted by molar-refractivity contribution is -0.120. The first-order valence-corrected chi connectivity index (χ1v) is 10.7. The molecule has 0 saturated carbocycles. The third-order valence-corrected chi connectivity index (χ3v) is 6.84. The lowest BCUT2D eigenvalue weighted by atomic mass is 10.2. The molecule has 1 aromatic carbocycles. The van der Waals surface area contributed by atoms with Gasteiger partial charge in [0.1, 0.15) is 0 Å². The number of thioether (sulfide) groups is 1. The first-order chi connectivity index (χ1) is 11.4. The van der Waals surface area contributed by atoms with E-state index in [1.807, 2.05) is 25.1 Å². The number of ether oxygens (including phenoxy) is 2.